The number of anilines is 1. The Hall–Kier alpha value is -2.99. The topological polar surface area (TPSA) is 104 Å². The first kappa shape index (κ1) is 25.6. The van der Waals surface area contributed by atoms with E-state index >= 15 is 0 Å². The molecule has 2 N–H and O–H groups in total. The molecule has 1 aliphatic rings. The lowest BCUT2D eigenvalue weighted by Crippen LogP contribution is -2.39. The van der Waals surface area contributed by atoms with Crippen LogP contribution in [0.25, 0.3) is 0 Å². The van der Waals surface area contributed by atoms with Crippen LogP contribution in [0.15, 0.2) is 47.4 Å². The number of hydrogen-bond acceptors (Lipinski definition) is 5. The minimum atomic E-state index is -4.91. The Bertz CT molecular complexity index is 1210. The normalized spacial score (nSPS) is 17.7. The zero-order valence-electron chi connectivity index (χ0n) is 18.2. The molecular formula is C22H22F4N2O5S. The van der Waals surface area contributed by atoms with E-state index in [-0.39, 0.29) is 17.1 Å². The average Bonchev–Trinajstić information content (AvgIpc) is 3.12. The Labute approximate surface area is 193 Å². The molecule has 7 nitrogen and oxygen atoms in total. The van der Waals surface area contributed by atoms with Crippen LogP contribution in [0.3, 0.4) is 0 Å². The number of benzene rings is 2. The van der Waals surface area contributed by atoms with Crippen molar-refractivity contribution in [3.63, 3.8) is 0 Å². The number of carbonyl (C=O) groups excluding carboxylic acids is 2. The van der Waals surface area contributed by atoms with E-state index in [2.05, 4.69) is 5.32 Å². The number of nitrogens with zero attached hydrogens (tertiary/aromatic N) is 1. The van der Waals surface area contributed by atoms with Gasteiger partial charge in [-0.1, -0.05) is 18.2 Å². The highest BCUT2D eigenvalue weighted by atomic mass is 32.2. The fourth-order valence-electron chi connectivity index (χ4n) is 3.65. The Balaban J connectivity index is 1.90. The predicted molar refractivity (Wildman–Crippen MR) is 114 cm³/mol. The second-order valence-electron chi connectivity index (χ2n) is 8.13. The van der Waals surface area contributed by atoms with Gasteiger partial charge in [-0.05, 0) is 47.9 Å². The molecule has 0 aromatic heterocycles. The highest BCUT2D eigenvalue weighted by Crippen LogP contribution is 2.39. The number of carbonyl (C=O) groups is 2. The Kier molecular flexibility index (Phi) is 6.78. The predicted octanol–water partition coefficient (Wildman–Crippen LogP) is 3.24. The van der Waals surface area contributed by atoms with Crippen molar-refractivity contribution in [1.82, 2.24) is 4.90 Å². The highest BCUT2D eigenvalue weighted by Gasteiger charge is 2.51. The van der Waals surface area contributed by atoms with Crippen LogP contribution in [0, 0.1) is 0 Å². The molecule has 3 rings (SSSR count). The van der Waals surface area contributed by atoms with Crippen molar-refractivity contribution < 1.29 is 40.7 Å². The third-order valence-corrected chi connectivity index (χ3v) is 6.74. The largest absolute Gasteiger partial charge is 0.421 e. The maximum absolute atomic E-state index is 13.1. The first-order valence-corrected chi connectivity index (χ1v) is 11.9. The van der Waals surface area contributed by atoms with Crippen LogP contribution in [0.1, 0.15) is 36.1 Å². The zero-order valence-corrected chi connectivity index (χ0v) is 19.0. The number of nitrogens with one attached hydrogen (secondary N) is 1. The number of sulfone groups is 1. The third kappa shape index (κ3) is 4.92. The first-order chi connectivity index (χ1) is 15.7. The molecule has 2 aromatic carbocycles. The molecule has 2 atom stereocenters. The number of fused-ring (bicyclic) bond motifs is 1. The lowest BCUT2D eigenvalue weighted by atomic mass is 9.95. The van der Waals surface area contributed by atoms with Crippen molar-refractivity contribution in [3.8, 4) is 0 Å². The van der Waals surface area contributed by atoms with Crippen molar-refractivity contribution in [1.29, 1.82) is 0 Å². The van der Waals surface area contributed by atoms with E-state index < -0.39 is 58.1 Å². The summed E-state index contributed by atoms with van der Waals surface area (Å²) in [5.74, 6) is -1.37. The quantitative estimate of drug-likeness (QED) is 0.591. The van der Waals surface area contributed by atoms with Crippen molar-refractivity contribution in [2.24, 2.45) is 0 Å². The van der Waals surface area contributed by atoms with Gasteiger partial charge in [0.1, 0.15) is 6.04 Å². The van der Waals surface area contributed by atoms with E-state index in [0.29, 0.717) is 18.1 Å². The minimum absolute atomic E-state index is 0.00231. The first-order valence-electron chi connectivity index (χ1n) is 10.1. The maximum Gasteiger partial charge on any atom is 0.421 e. The van der Waals surface area contributed by atoms with Gasteiger partial charge in [0.15, 0.2) is 15.4 Å². The van der Waals surface area contributed by atoms with Crippen LogP contribution in [0.5, 0.6) is 0 Å². The zero-order chi connectivity index (χ0) is 25.5. The van der Waals surface area contributed by atoms with Gasteiger partial charge >= 0.3 is 6.18 Å². The molecule has 184 valence electrons. The van der Waals surface area contributed by atoms with E-state index in [1.807, 2.05) is 0 Å². The minimum Gasteiger partial charge on any atom is -0.376 e. The van der Waals surface area contributed by atoms with E-state index in [4.69, 9.17) is 0 Å². The van der Waals surface area contributed by atoms with Gasteiger partial charge in [-0.25, -0.2) is 8.42 Å². The molecule has 2 aromatic rings. The lowest BCUT2D eigenvalue weighted by molar-refractivity contribution is -0.258. The molecule has 2 unspecified atom stereocenters. The third-order valence-electron chi connectivity index (χ3n) is 5.63. The fraction of sp³-hybridized carbons (Fsp3) is 0.364. The van der Waals surface area contributed by atoms with E-state index in [9.17, 15) is 40.7 Å². The Morgan fingerprint density at radius 3 is 2.29 bits per heavy atom. The fourth-order valence-corrected chi connectivity index (χ4v) is 4.32. The number of aliphatic hydroxyl groups is 1. The summed E-state index contributed by atoms with van der Waals surface area (Å²) in [6.07, 6.45) is -4.37. The molecule has 12 heteroatoms. The molecule has 0 saturated heterocycles. The summed E-state index contributed by atoms with van der Waals surface area (Å²) in [7, 11) is -3.55. The van der Waals surface area contributed by atoms with Crippen LogP contribution in [0.2, 0.25) is 0 Å². The molecule has 0 aliphatic carbocycles. The number of rotatable bonds is 6. The average molecular weight is 502 g/mol. The molecule has 0 spiro atoms. The van der Waals surface area contributed by atoms with Crippen molar-refractivity contribution in [3.05, 3.63) is 59.2 Å². The number of hydrogen-bond donors (Lipinski definition) is 2. The van der Waals surface area contributed by atoms with Gasteiger partial charge in [-0.3, -0.25) is 14.0 Å². The summed E-state index contributed by atoms with van der Waals surface area (Å²) in [5.41, 5.74) is -2.66. The van der Waals surface area contributed by atoms with Gasteiger partial charge in [0.25, 0.3) is 5.91 Å². The van der Waals surface area contributed by atoms with Gasteiger partial charge in [0.05, 0.1) is 18.0 Å². The lowest BCUT2D eigenvalue weighted by Gasteiger charge is -2.27. The smallest absolute Gasteiger partial charge is 0.376 e. The van der Waals surface area contributed by atoms with Crippen molar-refractivity contribution in [2.75, 3.05) is 18.2 Å². The van der Waals surface area contributed by atoms with Gasteiger partial charge in [-0.2, -0.15) is 13.2 Å². The van der Waals surface area contributed by atoms with Crippen LogP contribution in [0.4, 0.5) is 23.2 Å². The highest BCUT2D eigenvalue weighted by molar-refractivity contribution is 7.90. The Morgan fingerprint density at radius 1 is 1.15 bits per heavy atom. The van der Waals surface area contributed by atoms with Crippen molar-refractivity contribution >= 4 is 27.3 Å². The van der Waals surface area contributed by atoms with Crippen LogP contribution in [-0.4, -0.2) is 49.3 Å². The van der Waals surface area contributed by atoms with Gasteiger partial charge in [0, 0.05) is 18.5 Å². The van der Waals surface area contributed by atoms with Gasteiger partial charge < -0.3 is 15.3 Å². The molecule has 0 fully saturated rings. The molecule has 0 saturated carbocycles. The molecule has 0 radical (unpaired) electrons. The molecular weight excluding hydrogens is 480 g/mol. The summed E-state index contributed by atoms with van der Waals surface area (Å²) in [6, 6.07) is 7.22. The van der Waals surface area contributed by atoms with Gasteiger partial charge in [-0.15, -0.1) is 0 Å². The number of alkyl halides is 4. The summed E-state index contributed by atoms with van der Waals surface area (Å²) < 4.78 is 75.7. The molecule has 1 heterocycles. The van der Waals surface area contributed by atoms with Crippen LogP contribution < -0.4 is 5.32 Å². The Morgan fingerprint density at radius 2 is 1.76 bits per heavy atom. The summed E-state index contributed by atoms with van der Waals surface area (Å²) in [4.78, 5) is 26.7. The molecule has 34 heavy (non-hydrogen) atoms. The van der Waals surface area contributed by atoms with E-state index in [1.54, 1.807) is 0 Å². The molecule has 2 amide bonds. The number of halogens is 4. The van der Waals surface area contributed by atoms with Crippen LogP contribution in [-0.2, 0) is 31.6 Å². The summed E-state index contributed by atoms with van der Waals surface area (Å²) in [5, 5.41) is 12.3. The van der Waals surface area contributed by atoms with Gasteiger partial charge in [0.2, 0.25) is 5.91 Å². The SMILES string of the molecule is CC(O)(c1ccc(NC(=O)C2c3ccc(S(C)(=O)=O)cc3CN2C(=O)CCF)cc1)C(F)(F)F. The van der Waals surface area contributed by atoms with Crippen LogP contribution >= 0.6 is 0 Å². The van der Waals surface area contributed by atoms with E-state index in [1.165, 1.54) is 30.3 Å². The summed E-state index contributed by atoms with van der Waals surface area (Å²) in [6.45, 7) is -0.451. The number of amides is 2. The van der Waals surface area contributed by atoms with E-state index in [0.717, 1.165) is 23.3 Å². The summed E-state index contributed by atoms with van der Waals surface area (Å²) >= 11 is 0. The maximum atomic E-state index is 13.1. The van der Waals surface area contributed by atoms with Crippen molar-refractivity contribution in [2.45, 2.75) is 42.6 Å². The second-order valence-corrected chi connectivity index (χ2v) is 10.1. The monoisotopic (exact) mass is 502 g/mol. The molecule has 0 bridgehead atoms. The standard InChI is InChI=1S/C22H22F4N2O5S/c1-21(31,22(24,25)26)14-3-5-15(6-4-14)27-20(30)19-17-8-7-16(34(2,32)33)11-13(17)12-28(19)18(29)9-10-23/h3-8,11,19,31H,9-10,12H2,1-2H3,(H,27,30). The second kappa shape index (κ2) is 8.99. The molecule has 1 aliphatic heterocycles.